The summed E-state index contributed by atoms with van der Waals surface area (Å²) in [5, 5.41) is 13.7. The highest BCUT2D eigenvalue weighted by molar-refractivity contribution is 5.84. The lowest BCUT2D eigenvalue weighted by Crippen LogP contribution is -2.47. The van der Waals surface area contributed by atoms with Gasteiger partial charge >= 0.3 is 12.1 Å². The SMILES string of the molecule is O=C(NC[C@H]1[C@@H](C(=O)NC2CC(C(=O)O)C2)C1(F)F)OCC1c2ccccc2-c2ccccc21. The second-order valence-electron chi connectivity index (χ2n) is 9.18. The fourth-order valence-electron chi connectivity index (χ4n) is 5.07. The van der Waals surface area contributed by atoms with E-state index in [9.17, 15) is 23.2 Å². The second kappa shape index (κ2) is 8.38. The maximum Gasteiger partial charge on any atom is 0.407 e. The van der Waals surface area contributed by atoms with Crippen LogP contribution in [0.1, 0.15) is 29.9 Å². The van der Waals surface area contributed by atoms with Crippen molar-refractivity contribution in [2.75, 3.05) is 13.2 Å². The van der Waals surface area contributed by atoms with Crippen molar-refractivity contribution in [2.24, 2.45) is 17.8 Å². The summed E-state index contributed by atoms with van der Waals surface area (Å²) in [7, 11) is 0. The van der Waals surface area contributed by atoms with Crippen LogP contribution in [0.2, 0.25) is 0 Å². The second-order valence-corrected chi connectivity index (χ2v) is 9.18. The summed E-state index contributed by atoms with van der Waals surface area (Å²) in [6.07, 6.45) is -0.337. The van der Waals surface area contributed by atoms with Crippen LogP contribution in [0.5, 0.6) is 0 Å². The summed E-state index contributed by atoms with van der Waals surface area (Å²) in [5.41, 5.74) is 4.26. The number of carbonyl (C=O) groups is 3. The molecule has 34 heavy (non-hydrogen) atoms. The Morgan fingerprint density at radius 1 is 1.00 bits per heavy atom. The first-order valence-corrected chi connectivity index (χ1v) is 11.3. The average Bonchev–Trinajstić information content (AvgIpc) is 3.19. The number of ether oxygens (including phenoxy) is 1. The van der Waals surface area contributed by atoms with Crippen molar-refractivity contribution in [1.82, 2.24) is 10.6 Å². The number of carboxylic acids is 1. The summed E-state index contributed by atoms with van der Waals surface area (Å²) < 4.78 is 33.7. The van der Waals surface area contributed by atoms with Crippen molar-refractivity contribution in [2.45, 2.75) is 30.7 Å². The molecule has 7 nitrogen and oxygen atoms in total. The molecule has 2 fully saturated rings. The number of fused-ring (bicyclic) bond motifs is 3. The van der Waals surface area contributed by atoms with Crippen molar-refractivity contribution in [3.63, 3.8) is 0 Å². The molecule has 0 aliphatic heterocycles. The van der Waals surface area contributed by atoms with E-state index in [2.05, 4.69) is 10.6 Å². The Labute approximate surface area is 194 Å². The fourth-order valence-corrected chi connectivity index (χ4v) is 5.07. The molecule has 0 unspecified atom stereocenters. The van der Waals surface area contributed by atoms with Crippen LogP contribution in [0.15, 0.2) is 48.5 Å². The number of rotatable bonds is 7. The third-order valence-corrected chi connectivity index (χ3v) is 7.13. The quantitative estimate of drug-likeness (QED) is 0.576. The van der Waals surface area contributed by atoms with E-state index in [1.54, 1.807) is 0 Å². The lowest BCUT2D eigenvalue weighted by Gasteiger charge is -2.32. The highest BCUT2D eigenvalue weighted by Crippen LogP contribution is 2.55. The normalized spacial score (nSPS) is 25.9. The number of halogens is 2. The zero-order valence-electron chi connectivity index (χ0n) is 18.2. The molecule has 0 saturated heterocycles. The van der Waals surface area contributed by atoms with Crippen LogP contribution < -0.4 is 10.6 Å². The van der Waals surface area contributed by atoms with Crippen LogP contribution >= 0.6 is 0 Å². The monoisotopic (exact) mass is 470 g/mol. The van der Waals surface area contributed by atoms with Gasteiger partial charge in [0.15, 0.2) is 0 Å². The van der Waals surface area contributed by atoms with Gasteiger partial charge in [-0.2, -0.15) is 0 Å². The van der Waals surface area contributed by atoms with Crippen LogP contribution in [0.4, 0.5) is 13.6 Å². The fraction of sp³-hybridized carbons (Fsp3) is 0.400. The standard InChI is InChI=1S/C25H24F2N2O5/c26-25(27)20(21(25)22(30)29-14-9-13(10-14)23(31)32)11-28-24(33)34-12-19-17-7-3-1-5-15(17)16-6-2-4-8-18(16)19/h1-8,13-14,19-21H,9-12H2,(H,28,33)(H,29,30)(H,31,32)/t13?,14?,20-,21-/m0/s1. The average molecular weight is 470 g/mol. The smallest absolute Gasteiger partial charge is 0.407 e. The molecule has 178 valence electrons. The number of hydrogen-bond donors (Lipinski definition) is 3. The maximum absolute atomic E-state index is 14.2. The van der Waals surface area contributed by atoms with Crippen molar-refractivity contribution >= 4 is 18.0 Å². The molecular formula is C25H24F2N2O5. The minimum absolute atomic E-state index is 0.0667. The van der Waals surface area contributed by atoms with E-state index >= 15 is 0 Å². The molecule has 3 aliphatic carbocycles. The van der Waals surface area contributed by atoms with E-state index < -0.39 is 47.7 Å². The number of carboxylic acid groups (broad SMARTS) is 1. The van der Waals surface area contributed by atoms with Crippen molar-refractivity contribution < 1.29 is 33.0 Å². The van der Waals surface area contributed by atoms with Crippen molar-refractivity contribution in [1.29, 1.82) is 0 Å². The molecule has 0 radical (unpaired) electrons. The van der Waals surface area contributed by atoms with Crippen LogP contribution in [-0.4, -0.2) is 48.2 Å². The van der Waals surface area contributed by atoms with E-state index in [4.69, 9.17) is 9.84 Å². The highest BCUT2D eigenvalue weighted by Gasteiger charge is 2.71. The lowest BCUT2D eigenvalue weighted by atomic mass is 9.80. The van der Waals surface area contributed by atoms with Crippen LogP contribution in [-0.2, 0) is 14.3 Å². The van der Waals surface area contributed by atoms with Crippen LogP contribution in [0, 0.1) is 17.8 Å². The molecule has 2 aromatic carbocycles. The summed E-state index contributed by atoms with van der Waals surface area (Å²) >= 11 is 0. The van der Waals surface area contributed by atoms with Crippen molar-refractivity contribution in [3.8, 4) is 11.1 Å². The summed E-state index contributed by atoms with van der Waals surface area (Å²) in [6.45, 7) is -0.318. The number of alkyl carbamates (subject to hydrolysis) is 1. The Kier molecular flexibility index (Phi) is 5.50. The molecular weight excluding hydrogens is 446 g/mol. The Balaban J connectivity index is 1.12. The van der Waals surface area contributed by atoms with E-state index in [0.717, 1.165) is 22.3 Å². The first-order chi connectivity index (χ1) is 16.3. The summed E-state index contributed by atoms with van der Waals surface area (Å²) in [6, 6.07) is 15.3. The summed E-state index contributed by atoms with van der Waals surface area (Å²) in [4.78, 5) is 35.3. The van der Waals surface area contributed by atoms with Gasteiger partial charge in [0.2, 0.25) is 5.91 Å². The number of carbonyl (C=O) groups excluding carboxylic acids is 2. The molecule has 0 spiro atoms. The molecule has 3 N–H and O–H groups in total. The number of aliphatic carboxylic acids is 1. The van der Waals surface area contributed by atoms with Gasteiger partial charge in [-0.3, -0.25) is 9.59 Å². The van der Waals surface area contributed by atoms with Gasteiger partial charge in [-0.15, -0.1) is 0 Å². The minimum Gasteiger partial charge on any atom is -0.481 e. The predicted molar refractivity (Wildman–Crippen MR) is 117 cm³/mol. The van der Waals surface area contributed by atoms with Gasteiger partial charge in [-0.05, 0) is 35.1 Å². The first-order valence-electron chi connectivity index (χ1n) is 11.3. The van der Waals surface area contributed by atoms with Crippen LogP contribution in [0.3, 0.4) is 0 Å². The third kappa shape index (κ3) is 3.89. The molecule has 2 aromatic rings. The van der Waals surface area contributed by atoms with Crippen LogP contribution in [0.25, 0.3) is 11.1 Å². The molecule has 3 aliphatic rings. The number of benzene rings is 2. The Hall–Kier alpha value is -3.49. The molecule has 0 bridgehead atoms. The minimum atomic E-state index is -3.23. The Morgan fingerprint density at radius 2 is 1.59 bits per heavy atom. The largest absolute Gasteiger partial charge is 0.481 e. The van der Waals surface area contributed by atoms with E-state index in [-0.39, 0.29) is 31.9 Å². The van der Waals surface area contributed by atoms with Gasteiger partial charge in [0.05, 0.1) is 11.8 Å². The van der Waals surface area contributed by atoms with Gasteiger partial charge in [0, 0.05) is 18.5 Å². The van der Waals surface area contributed by atoms with Gasteiger partial charge in [0.1, 0.15) is 12.5 Å². The molecule has 2 amide bonds. The van der Waals surface area contributed by atoms with Gasteiger partial charge in [-0.1, -0.05) is 48.5 Å². The zero-order chi connectivity index (χ0) is 24.0. The molecule has 0 heterocycles. The molecule has 5 rings (SSSR count). The molecule has 9 heteroatoms. The first kappa shape index (κ1) is 22.3. The van der Waals surface area contributed by atoms with E-state index in [0.29, 0.717) is 0 Å². The predicted octanol–water partition coefficient (Wildman–Crippen LogP) is 3.39. The topological polar surface area (TPSA) is 105 Å². The number of alkyl halides is 2. The number of nitrogens with one attached hydrogen (secondary N) is 2. The Bertz CT molecular complexity index is 1100. The lowest BCUT2D eigenvalue weighted by molar-refractivity contribution is -0.146. The third-order valence-electron chi connectivity index (χ3n) is 7.13. The Morgan fingerprint density at radius 3 is 2.18 bits per heavy atom. The number of amides is 2. The van der Waals surface area contributed by atoms with E-state index in [1.165, 1.54) is 0 Å². The van der Waals surface area contributed by atoms with Gasteiger partial charge < -0.3 is 20.5 Å². The maximum atomic E-state index is 14.2. The van der Waals surface area contributed by atoms with Gasteiger partial charge in [0.25, 0.3) is 5.92 Å². The molecule has 2 atom stereocenters. The number of hydrogen-bond acceptors (Lipinski definition) is 4. The van der Waals surface area contributed by atoms with Crippen molar-refractivity contribution in [3.05, 3.63) is 59.7 Å². The summed E-state index contributed by atoms with van der Waals surface area (Å²) in [5.74, 6) is -8.53. The highest BCUT2D eigenvalue weighted by atomic mass is 19.3. The van der Waals surface area contributed by atoms with E-state index in [1.807, 2.05) is 48.5 Å². The van der Waals surface area contributed by atoms with Gasteiger partial charge in [-0.25, -0.2) is 13.6 Å². The zero-order valence-corrected chi connectivity index (χ0v) is 18.2. The molecule has 0 aromatic heterocycles. The molecule has 2 saturated carbocycles.